The predicted octanol–water partition coefficient (Wildman–Crippen LogP) is 2.66. The van der Waals surface area contributed by atoms with Crippen LogP contribution >= 0.6 is 0 Å². The van der Waals surface area contributed by atoms with E-state index in [1.807, 2.05) is 0 Å². The number of nitrogens with zero attached hydrogens (tertiary/aromatic N) is 2. The Labute approximate surface area is 190 Å². The third kappa shape index (κ3) is 5.55. The van der Waals surface area contributed by atoms with E-state index in [1.54, 1.807) is 24.3 Å². The molecule has 0 bridgehead atoms. The van der Waals surface area contributed by atoms with Crippen molar-refractivity contribution in [2.45, 2.75) is 44.2 Å². The molecule has 1 fully saturated rings. The summed E-state index contributed by atoms with van der Waals surface area (Å²) in [5.74, 6) is 1.02. The number of carbonyl (C=O) groups excluding carboxylic acids is 1. The van der Waals surface area contributed by atoms with Crippen molar-refractivity contribution in [3.05, 3.63) is 65.2 Å². The van der Waals surface area contributed by atoms with Crippen LogP contribution in [0.1, 0.15) is 42.9 Å². The monoisotopic (exact) mass is 454 g/mol. The van der Waals surface area contributed by atoms with Gasteiger partial charge in [0.05, 0.1) is 11.4 Å². The van der Waals surface area contributed by atoms with Crippen LogP contribution in [0.3, 0.4) is 0 Å². The quantitative estimate of drug-likeness (QED) is 0.673. The van der Waals surface area contributed by atoms with Crippen LogP contribution in [-0.4, -0.2) is 44.7 Å². The first kappa shape index (κ1) is 22.5. The molecule has 2 N–H and O–H groups in total. The number of hydrogen-bond donors (Lipinski definition) is 2. The Morgan fingerprint density at radius 1 is 1.09 bits per heavy atom. The average Bonchev–Trinajstić information content (AvgIpc) is 3.05. The number of amidine groups is 1. The zero-order chi connectivity index (χ0) is 22.6. The maximum absolute atomic E-state index is 12.2. The van der Waals surface area contributed by atoms with Crippen molar-refractivity contribution in [2.75, 3.05) is 19.6 Å². The van der Waals surface area contributed by atoms with Gasteiger partial charge < -0.3 is 5.32 Å². The summed E-state index contributed by atoms with van der Waals surface area (Å²) in [4.78, 5) is 19.2. The van der Waals surface area contributed by atoms with Crippen molar-refractivity contribution < 1.29 is 13.2 Å². The Bertz CT molecular complexity index is 1090. The first-order chi connectivity index (χ1) is 15.4. The van der Waals surface area contributed by atoms with Gasteiger partial charge in [0, 0.05) is 25.1 Å². The third-order valence-electron chi connectivity index (χ3n) is 6.07. The molecule has 1 amide bonds. The van der Waals surface area contributed by atoms with E-state index in [1.165, 1.54) is 18.4 Å². The lowest BCUT2D eigenvalue weighted by Crippen LogP contribution is -2.32. The highest BCUT2D eigenvalue weighted by molar-refractivity contribution is 7.90. The van der Waals surface area contributed by atoms with Crippen molar-refractivity contribution >= 4 is 21.8 Å². The lowest BCUT2D eigenvalue weighted by molar-refractivity contribution is -0.121. The van der Waals surface area contributed by atoms with Crippen LogP contribution in [0.4, 0.5) is 0 Å². The average molecular weight is 455 g/mol. The van der Waals surface area contributed by atoms with E-state index >= 15 is 0 Å². The second-order valence-corrected chi connectivity index (χ2v) is 10.3. The predicted molar refractivity (Wildman–Crippen MR) is 125 cm³/mol. The number of aliphatic imine (C=N–C) groups is 1. The van der Waals surface area contributed by atoms with Crippen LogP contribution < -0.4 is 10.0 Å². The molecule has 1 saturated heterocycles. The molecule has 2 aromatic carbocycles. The van der Waals surface area contributed by atoms with Gasteiger partial charge in [0.2, 0.25) is 5.91 Å². The van der Waals surface area contributed by atoms with Gasteiger partial charge in [-0.05, 0) is 55.1 Å². The number of amides is 1. The van der Waals surface area contributed by atoms with E-state index in [-0.39, 0.29) is 23.8 Å². The molecule has 0 spiro atoms. The molecule has 2 aliphatic rings. The van der Waals surface area contributed by atoms with Crippen LogP contribution in [-0.2, 0) is 27.9 Å². The Morgan fingerprint density at radius 2 is 1.78 bits per heavy atom. The summed E-state index contributed by atoms with van der Waals surface area (Å²) in [6, 6.07) is 15.1. The van der Waals surface area contributed by atoms with Crippen LogP contribution in [0.2, 0.25) is 0 Å². The summed E-state index contributed by atoms with van der Waals surface area (Å²) in [7, 11) is -3.55. The van der Waals surface area contributed by atoms with Gasteiger partial charge >= 0.3 is 0 Å². The zero-order valence-corrected chi connectivity index (χ0v) is 19.2. The molecule has 0 unspecified atom stereocenters. The van der Waals surface area contributed by atoms with E-state index in [0.717, 1.165) is 31.1 Å². The fraction of sp³-hybridized carbons (Fsp3) is 0.417. The maximum Gasteiger partial charge on any atom is 0.263 e. The van der Waals surface area contributed by atoms with E-state index in [4.69, 9.17) is 0 Å². The SMILES string of the molecule is CC1CCN(Cc2ccc(CNC(=O)CCN=C3NS(=O)(=O)c4ccccc43)cc2)CC1. The highest BCUT2D eigenvalue weighted by Gasteiger charge is 2.29. The van der Waals surface area contributed by atoms with Gasteiger partial charge in [0.25, 0.3) is 10.0 Å². The van der Waals surface area contributed by atoms with Crippen LogP contribution in [0.15, 0.2) is 58.4 Å². The van der Waals surface area contributed by atoms with Crippen molar-refractivity contribution in [3.8, 4) is 0 Å². The number of fused-ring (bicyclic) bond motifs is 1. The number of nitrogens with one attached hydrogen (secondary N) is 2. The second kappa shape index (κ2) is 9.83. The number of benzene rings is 2. The van der Waals surface area contributed by atoms with E-state index in [9.17, 15) is 13.2 Å². The van der Waals surface area contributed by atoms with Gasteiger partial charge in [-0.2, -0.15) is 0 Å². The molecule has 0 saturated carbocycles. The van der Waals surface area contributed by atoms with Gasteiger partial charge in [0.1, 0.15) is 5.84 Å². The number of sulfonamides is 1. The Balaban J connectivity index is 1.22. The minimum atomic E-state index is -3.55. The first-order valence-corrected chi connectivity index (χ1v) is 12.6. The fourth-order valence-corrected chi connectivity index (χ4v) is 5.30. The molecule has 0 radical (unpaired) electrons. The molecule has 2 heterocycles. The molecule has 7 nitrogen and oxygen atoms in total. The largest absolute Gasteiger partial charge is 0.352 e. The lowest BCUT2D eigenvalue weighted by Gasteiger charge is -2.30. The molecule has 4 rings (SSSR count). The molecule has 0 aromatic heterocycles. The lowest BCUT2D eigenvalue weighted by atomic mass is 9.99. The highest BCUT2D eigenvalue weighted by Crippen LogP contribution is 2.22. The first-order valence-electron chi connectivity index (χ1n) is 11.1. The topological polar surface area (TPSA) is 90.9 Å². The molecule has 2 aliphatic heterocycles. The molecule has 170 valence electrons. The van der Waals surface area contributed by atoms with Crippen LogP contribution in [0.25, 0.3) is 0 Å². The smallest absolute Gasteiger partial charge is 0.263 e. The minimum absolute atomic E-state index is 0.116. The molecule has 8 heteroatoms. The Hall–Kier alpha value is -2.71. The zero-order valence-electron chi connectivity index (χ0n) is 18.4. The molecule has 0 atom stereocenters. The summed E-state index contributed by atoms with van der Waals surface area (Å²) in [6.07, 6.45) is 2.74. The highest BCUT2D eigenvalue weighted by atomic mass is 32.2. The fourth-order valence-electron chi connectivity index (χ4n) is 4.05. The number of piperidine rings is 1. The third-order valence-corrected chi connectivity index (χ3v) is 7.46. The molecule has 0 aliphatic carbocycles. The van der Waals surface area contributed by atoms with Crippen LogP contribution in [0.5, 0.6) is 0 Å². The van der Waals surface area contributed by atoms with Crippen molar-refractivity contribution in [3.63, 3.8) is 0 Å². The normalized spacial score (nSPS) is 19.5. The molecule has 2 aromatic rings. The Kier molecular flexibility index (Phi) is 6.91. The van der Waals surface area contributed by atoms with E-state index in [0.29, 0.717) is 17.9 Å². The standard InChI is InChI=1S/C24H30N4O3S/c1-18-11-14-28(15-12-18)17-20-8-6-19(7-9-20)16-26-23(29)10-13-25-24-21-4-2-3-5-22(21)32(30,31)27-24/h2-9,18H,10-17H2,1H3,(H,25,27)(H,26,29). The number of hydrogen-bond acceptors (Lipinski definition) is 5. The summed E-state index contributed by atoms with van der Waals surface area (Å²) in [6.45, 7) is 6.30. The van der Waals surface area contributed by atoms with Gasteiger partial charge in [-0.1, -0.05) is 43.3 Å². The van der Waals surface area contributed by atoms with Gasteiger partial charge in [-0.15, -0.1) is 0 Å². The second-order valence-electron chi connectivity index (χ2n) is 8.63. The van der Waals surface area contributed by atoms with Gasteiger partial charge in [-0.25, -0.2) is 8.42 Å². The van der Waals surface area contributed by atoms with Gasteiger partial charge in [-0.3, -0.25) is 19.4 Å². The van der Waals surface area contributed by atoms with Gasteiger partial charge in [0.15, 0.2) is 0 Å². The summed E-state index contributed by atoms with van der Waals surface area (Å²) < 4.78 is 26.6. The minimum Gasteiger partial charge on any atom is -0.352 e. The molecular weight excluding hydrogens is 424 g/mol. The van der Waals surface area contributed by atoms with Crippen LogP contribution in [0, 0.1) is 5.92 Å². The van der Waals surface area contributed by atoms with Crippen molar-refractivity contribution in [1.82, 2.24) is 14.9 Å². The van der Waals surface area contributed by atoms with Crippen molar-refractivity contribution in [1.29, 1.82) is 0 Å². The number of likely N-dealkylation sites (tertiary alicyclic amines) is 1. The van der Waals surface area contributed by atoms with Crippen molar-refractivity contribution in [2.24, 2.45) is 10.9 Å². The van der Waals surface area contributed by atoms with E-state index < -0.39 is 10.0 Å². The van der Waals surface area contributed by atoms with E-state index in [2.05, 4.69) is 51.1 Å². The summed E-state index contributed by atoms with van der Waals surface area (Å²) >= 11 is 0. The number of rotatable bonds is 7. The Morgan fingerprint density at radius 3 is 2.53 bits per heavy atom. The summed E-state index contributed by atoms with van der Waals surface area (Å²) in [5, 5.41) is 2.91. The summed E-state index contributed by atoms with van der Waals surface area (Å²) in [5.41, 5.74) is 2.90. The maximum atomic E-state index is 12.2. The number of carbonyl (C=O) groups is 1. The molecule has 32 heavy (non-hydrogen) atoms. The molecular formula is C24H30N4O3S.